The Bertz CT molecular complexity index is 873. The number of carbonyl (C=O) groups excluding carboxylic acids is 1. The maximum absolute atomic E-state index is 12.7. The predicted octanol–water partition coefficient (Wildman–Crippen LogP) is 4.89. The summed E-state index contributed by atoms with van der Waals surface area (Å²) in [4.78, 5) is 12.7. The fourth-order valence-electron chi connectivity index (χ4n) is 2.69. The molecule has 1 N–H and O–H groups in total. The highest BCUT2D eigenvalue weighted by atomic mass is 35.5. The van der Waals surface area contributed by atoms with E-state index in [1.165, 1.54) is 0 Å². The number of anilines is 1. The molecule has 0 saturated carbocycles. The zero-order valence-corrected chi connectivity index (χ0v) is 14.4. The lowest BCUT2D eigenvalue weighted by atomic mass is 10.2. The molecule has 124 valence electrons. The minimum atomic E-state index is -0.363. The molecule has 2 aromatic carbocycles. The first-order chi connectivity index (χ1) is 11.6. The molecule has 1 unspecified atom stereocenters. The molecule has 0 aliphatic rings. The summed E-state index contributed by atoms with van der Waals surface area (Å²) in [6, 6.07) is 14.7. The van der Waals surface area contributed by atoms with Crippen molar-refractivity contribution in [3.05, 3.63) is 59.8 Å². The minimum Gasteiger partial charge on any atom is -0.492 e. The standard InChI is InChI=1S/C19H19ClN2O2/c1-3-24-18-7-5-4-6-16(18)21-19(23)13(2)22-11-10-14-12-15(20)8-9-17(14)22/h4-13H,3H2,1-2H3,(H,21,23). The van der Waals surface area contributed by atoms with Gasteiger partial charge in [0.15, 0.2) is 0 Å². The Kier molecular flexibility index (Phi) is 4.76. The van der Waals surface area contributed by atoms with Gasteiger partial charge >= 0.3 is 0 Å². The first kappa shape index (κ1) is 16.4. The number of carbonyl (C=O) groups is 1. The summed E-state index contributed by atoms with van der Waals surface area (Å²) in [6.07, 6.45) is 1.90. The van der Waals surface area contributed by atoms with E-state index >= 15 is 0 Å². The largest absolute Gasteiger partial charge is 0.492 e. The van der Waals surface area contributed by atoms with Gasteiger partial charge in [-0.3, -0.25) is 4.79 Å². The van der Waals surface area contributed by atoms with Crippen molar-refractivity contribution in [1.29, 1.82) is 0 Å². The van der Waals surface area contributed by atoms with E-state index in [1.807, 2.05) is 73.1 Å². The van der Waals surface area contributed by atoms with Crippen molar-refractivity contribution in [3.8, 4) is 5.75 Å². The Morgan fingerprint density at radius 3 is 2.83 bits per heavy atom. The summed E-state index contributed by atoms with van der Waals surface area (Å²) in [5, 5.41) is 4.64. The summed E-state index contributed by atoms with van der Waals surface area (Å²) in [5.41, 5.74) is 1.65. The van der Waals surface area contributed by atoms with E-state index in [0.29, 0.717) is 23.1 Å². The molecular weight excluding hydrogens is 324 g/mol. The molecule has 0 spiro atoms. The number of benzene rings is 2. The highest BCUT2D eigenvalue weighted by Crippen LogP contribution is 2.27. The highest BCUT2D eigenvalue weighted by Gasteiger charge is 2.18. The lowest BCUT2D eigenvalue weighted by Gasteiger charge is -2.17. The molecule has 1 heterocycles. The van der Waals surface area contributed by atoms with Crippen LogP contribution >= 0.6 is 11.6 Å². The Morgan fingerprint density at radius 2 is 2.04 bits per heavy atom. The van der Waals surface area contributed by atoms with Crippen LogP contribution in [0.5, 0.6) is 5.75 Å². The topological polar surface area (TPSA) is 43.3 Å². The first-order valence-electron chi connectivity index (χ1n) is 7.89. The van der Waals surface area contributed by atoms with Crippen molar-refractivity contribution in [2.24, 2.45) is 0 Å². The summed E-state index contributed by atoms with van der Waals surface area (Å²) in [7, 11) is 0. The number of para-hydroxylation sites is 2. The number of nitrogens with zero attached hydrogens (tertiary/aromatic N) is 1. The number of nitrogens with one attached hydrogen (secondary N) is 1. The second-order valence-electron chi connectivity index (χ2n) is 5.52. The van der Waals surface area contributed by atoms with Crippen molar-refractivity contribution in [2.75, 3.05) is 11.9 Å². The second-order valence-corrected chi connectivity index (χ2v) is 5.96. The number of fused-ring (bicyclic) bond motifs is 1. The van der Waals surface area contributed by atoms with Gasteiger partial charge in [0.1, 0.15) is 11.8 Å². The zero-order valence-electron chi connectivity index (χ0n) is 13.6. The van der Waals surface area contributed by atoms with E-state index in [4.69, 9.17) is 16.3 Å². The van der Waals surface area contributed by atoms with Crippen molar-refractivity contribution in [2.45, 2.75) is 19.9 Å². The lowest BCUT2D eigenvalue weighted by Crippen LogP contribution is -2.23. The fourth-order valence-corrected chi connectivity index (χ4v) is 2.87. The van der Waals surface area contributed by atoms with E-state index in [0.717, 1.165) is 10.9 Å². The van der Waals surface area contributed by atoms with E-state index in [1.54, 1.807) is 0 Å². The van der Waals surface area contributed by atoms with Crippen LogP contribution in [0.15, 0.2) is 54.7 Å². The highest BCUT2D eigenvalue weighted by molar-refractivity contribution is 6.31. The van der Waals surface area contributed by atoms with E-state index in [9.17, 15) is 4.79 Å². The minimum absolute atomic E-state index is 0.102. The molecule has 1 aromatic heterocycles. The number of amides is 1. The van der Waals surface area contributed by atoms with E-state index in [2.05, 4.69) is 5.32 Å². The van der Waals surface area contributed by atoms with Crippen LogP contribution in [-0.2, 0) is 4.79 Å². The molecule has 3 rings (SSSR count). The Morgan fingerprint density at radius 1 is 1.25 bits per heavy atom. The molecule has 5 heteroatoms. The molecule has 24 heavy (non-hydrogen) atoms. The van der Waals surface area contributed by atoms with Crippen LogP contribution < -0.4 is 10.1 Å². The van der Waals surface area contributed by atoms with Gasteiger partial charge in [-0.25, -0.2) is 0 Å². The molecule has 1 atom stereocenters. The van der Waals surface area contributed by atoms with Gasteiger partial charge in [0.25, 0.3) is 0 Å². The summed E-state index contributed by atoms with van der Waals surface area (Å²) in [5.74, 6) is 0.569. The predicted molar refractivity (Wildman–Crippen MR) is 97.9 cm³/mol. The van der Waals surface area contributed by atoms with Gasteiger partial charge in [-0.05, 0) is 50.2 Å². The summed E-state index contributed by atoms with van der Waals surface area (Å²) in [6.45, 7) is 4.33. The maximum Gasteiger partial charge on any atom is 0.247 e. The third kappa shape index (κ3) is 3.24. The van der Waals surface area contributed by atoms with Gasteiger partial charge in [0.2, 0.25) is 5.91 Å². The van der Waals surface area contributed by atoms with Crippen LogP contribution in [0.3, 0.4) is 0 Å². The lowest BCUT2D eigenvalue weighted by molar-refractivity contribution is -0.118. The van der Waals surface area contributed by atoms with Crippen molar-refractivity contribution < 1.29 is 9.53 Å². The quantitative estimate of drug-likeness (QED) is 0.717. The average Bonchev–Trinajstić information content (AvgIpc) is 2.99. The Labute approximate surface area is 146 Å². The van der Waals surface area contributed by atoms with Crippen LogP contribution in [0.2, 0.25) is 5.02 Å². The van der Waals surface area contributed by atoms with Crippen molar-refractivity contribution in [3.63, 3.8) is 0 Å². The molecule has 0 bridgehead atoms. The van der Waals surface area contributed by atoms with Crippen LogP contribution in [0, 0.1) is 0 Å². The number of hydrogen-bond acceptors (Lipinski definition) is 2. The van der Waals surface area contributed by atoms with Gasteiger partial charge in [-0.1, -0.05) is 23.7 Å². The van der Waals surface area contributed by atoms with Gasteiger partial charge in [-0.15, -0.1) is 0 Å². The van der Waals surface area contributed by atoms with Crippen LogP contribution in [0.25, 0.3) is 10.9 Å². The zero-order chi connectivity index (χ0) is 17.1. The van der Waals surface area contributed by atoms with Crippen LogP contribution in [-0.4, -0.2) is 17.1 Å². The molecule has 0 saturated heterocycles. The Hall–Kier alpha value is -2.46. The maximum atomic E-state index is 12.7. The molecule has 0 aliphatic carbocycles. The molecule has 3 aromatic rings. The second kappa shape index (κ2) is 6.97. The van der Waals surface area contributed by atoms with Gasteiger partial charge in [0, 0.05) is 22.1 Å². The first-order valence-corrected chi connectivity index (χ1v) is 8.26. The van der Waals surface area contributed by atoms with Crippen LogP contribution in [0.1, 0.15) is 19.9 Å². The average molecular weight is 343 g/mol. The normalized spacial score (nSPS) is 12.1. The molecule has 0 aliphatic heterocycles. The van der Waals surface area contributed by atoms with Gasteiger partial charge < -0.3 is 14.6 Å². The molecular formula is C19H19ClN2O2. The van der Waals surface area contributed by atoms with Crippen molar-refractivity contribution >= 4 is 34.1 Å². The number of rotatable bonds is 5. The SMILES string of the molecule is CCOc1ccccc1NC(=O)C(C)n1ccc2cc(Cl)ccc21. The number of hydrogen-bond donors (Lipinski definition) is 1. The van der Waals surface area contributed by atoms with Crippen LogP contribution in [0.4, 0.5) is 5.69 Å². The number of halogens is 1. The number of ether oxygens (including phenoxy) is 1. The third-order valence-electron chi connectivity index (χ3n) is 3.92. The summed E-state index contributed by atoms with van der Waals surface area (Å²) < 4.78 is 7.49. The summed E-state index contributed by atoms with van der Waals surface area (Å²) >= 11 is 6.02. The molecule has 4 nitrogen and oxygen atoms in total. The van der Waals surface area contributed by atoms with Crippen molar-refractivity contribution in [1.82, 2.24) is 4.57 Å². The Balaban J connectivity index is 1.84. The third-order valence-corrected chi connectivity index (χ3v) is 4.16. The van der Waals surface area contributed by atoms with E-state index < -0.39 is 0 Å². The number of aromatic nitrogens is 1. The smallest absolute Gasteiger partial charge is 0.247 e. The van der Waals surface area contributed by atoms with E-state index in [-0.39, 0.29) is 11.9 Å². The van der Waals surface area contributed by atoms with Gasteiger partial charge in [-0.2, -0.15) is 0 Å². The fraction of sp³-hybridized carbons (Fsp3) is 0.211. The van der Waals surface area contributed by atoms with Gasteiger partial charge in [0.05, 0.1) is 12.3 Å². The molecule has 1 amide bonds. The molecule has 0 radical (unpaired) electrons. The monoisotopic (exact) mass is 342 g/mol. The molecule has 0 fully saturated rings.